The lowest BCUT2D eigenvalue weighted by Crippen LogP contribution is -2.20. The number of thioether (sulfide) groups is 1. The molecule has 0 fully saturated rings. The molecule has 4 aromatic rings. The van der Waals surface area contributed by atoms with Crippen LogP contribution in [0.4, 0.5) is 0 Å². The molecular formula is C24H20ClN5OS. The van der Waals surface area contributed by atoms with E-state index < -0.39 is 0 Å². The Morgan fingerprint density at radius 3 is 2.59 bits per heavy atom. The number of aromatic nitrogens is 3. The van der Waals surface area contributed by atoms with E-state index in [1.165, 1.54) is 11.8 Å². The highest BCUT2D eigenvalue weighted by Gasteiger charge is 2.17. The molecule has 0 unspecified atom stereocenters. The van der Waals surface area contributed by atoms with Gasteiger partial charge in [-0.2, -0.15) is 5.10 Å². The molecule has 0 aliphatic heterocycles. The van der Waals surface area contributed by atoms with E-state index in [1.54, 1.807) is 6.21 Å². The highest BCUT2D eigenvalue weighted by atomic mass is 35.5. The number of carbonyl (C=O) groups is 1. The van der Waals surface area contributed by atoms with Crippen LogP contribution in [0.5, 0.6) is 0 Å². The molecule has 32 heavy (non-hydrogen) atoms. The molecule has 1 aromatic heterocycles. The van der Waals surface area contributed by atoms with Crippen LogP contribution in [0.25, 0.3) is 17.1 Å². The van der Waals surface area contributed by atoms with Gasteiger partial charge in [0.1, 0.15) is 0 Å². The second-order valence-corrected chi connectivity index (χ2v) is 8.36. The molecule has 0 bridgehead atoms. The quantitative estimate of drug-likeness (QED) is 0.235. The van der Waals surface area contributed by atoms with E-state index in [-0.39, 0.29) is 11.7 Å². The van der Waals surface area contributed by atoms with Crippen molar-refractivity contribution in [3.8, 4) is 17.1 Å². The molecule has 1 N–H and O–H groups in total. The Hall–Kier alpha value is -3.42. The van der Waals surface area contributed by atoms with E-state index in [9.17, 15) is 4.79 Å². The van der Waals surface area contributed by atoms with Gasteiger partial charge in [-0.25, -0.2) is 5.43 Å². The lowest BCUT2D eigenvalue weighted by molar-refractivity contribution is -0.118. The van der Waals surface area contributed by atoms with Crippen LogP contribution in [0.2, 0.25) is 5.02 Å². The second-order valence-electron chi connectivity index (χ2n) is 6.98. The zero-order valence-electron chi connectivity index (χ0n) is 17.3. The molecule has 1 amide bonds. The lowest BCUT2D eigenvalue weighted by atomic mass is 10.2. The molecule has 8 heteroatoms. The third-order valence-electron chi connectivity index (χ3n) is 4.53. The Balaban J connectivity index is 1.50. The van der Waals surface area contributed by atoms with E-state index in [4.69, 9.17) is 11.6 Å². The molecule has 1 heterocycles. The largest absolute Gasteiger partial charge is 0.272 e. The van der Waals surface area contributed by atoms with Crippen molar-refractivity contribution in [1.82, 2.24) is 20.2 Å². The minimum atomic E-state index is -0.231. The Bertz CT molecular complexity index is 1240. The van der Waals surface area contributed by atoms with Crippen molar-refractivity contribution in [2.45, 2.75) is 12.1 Å². The molecule has 4 rings (SSSR count). The molecular weight excluding hydrogens is 442 g/mol. The summed E-state index contributed by atoms with van der Waals surface area (Å²) in [6.07, 6.45) is 1.62. The summed E-state index contributed by atoms with van der Waals surface area (Å²) in [6.45, 7) is 2.01. The number of hydrazone groups is 1. The molecule has 6 nitrogen and oxygen atoms in total. The standard InChI is InChI=1S/C24H20ClN5OS/c1-17-6-5-7-18(14-17)15-26-27-22(31)16-32-24-29-28-23(19-8-3-2-4-9-19)30(24)21-12-10-20(25)11-13-21/h2-15H,16H2,1H3,(H,27,31)/b26-15+. The number of rotatable bonds is 7. The Kier molecular flexibility index (Phi) is 6.99. The SMILES string of the molecule is Cc1cccc(/C=N/NC(=O)CSc2nnc(-c3ccccc3)n2-c2ccc(Cl)cc2)c1. The minimum absolute atomic E-state index is 0.145. The van der Waals surface area contributed by atoms with Gasteiger partial charge in [-0.15, -0.1) is 10.2 Å². The van der Waals surface area contributed by atoms with Crippen LogP contribution in [-0.4, -0.2) is 32.6 Å². The van der Waals surface area contributed by atoms with E-state index in [0.717, 1.165) is 22.4 Å². The van der Waals surface area contributed by atoms with Gasteiger partial charge in [0.15, 0.2) is 11.0 Å². The fourth-order valence-electron chi connectivity index (χ4n) is 3.05. The second kappa shape index (κ2) is 10.3. The van der Waals surface area contributed by atoms with Crippen LogP contribution >= 0.6 is 23.4 Å². The van der Waals surface area contributed by atoms with Gasteiger partial charge in [0, 0.05) is 16.3 Å². The van der Waals surface area contributed by atoms with Gasteiger partial charge in [0.05, 0.1) is 12.0 Å². The van der Waals surface area contributed by atoms with Crippen molar-refractivity contribution >= 4 is 35.5 Å². The monoisotopic (exact) mass is 461 g/mol. The third-order valence-corrected chi connectivity index (χ3v) is 5.71. The summed E-state index contributed by atoms with van der Waals surface area (Å²) in [4.78, 5) is 12.3. The van der Waals surface area contributed by atoms with Gasteiger partial charge in [0.2, 0.25) is 0 Å². The zero-order chi connectivity index (χ0) is 22.3. The maximum atomic E-state index is 12.3. The first-order valence-corrected chi connectivity index (χ1v) is 11.2. The molecule has 0 spiro atoms. The summed E-state index contributed by atoms with van der Waals surface area (Å²) in [7, 11) is 0. The van der Waals surface area contributed by atoms with Gasteiger partial charge in [-0.1, -0.05) is 83.5 Å². The Morgan fingerprint density at radius 2 is 1.84 bits per heavy atom. The average Bonchev–Trinajstić information content (AvgIpc) is 3.23. The first-order valence-electron chi connectivity index (χ1n) is 9.88. The van der Waals surface area contributed by atoms with E-state index in [2.05, 4.69) is 20.7 Å². The van der Waals surface area contributed by atoms with Crippen molar-refractivity contribution in [1.29, 1.82) is 0 Å². The number of benzene rings is 3. The fourth-order valence-corrected chi connectivity index (χ4v) is 3.92. The number of hydrogen-bond donors (Lipinski definition) is 1. The predicted molar refractivity (Wildman–Crippen MR) is 129 cm³/mol. The lowest BCUT2D eigenvalue weighted by Gasteiger charge is -2.10. The third kappa shape index (κ3) is 5.43. The van der Waals surface area contributed by atoms with E-state index in [0.29, 0.717) is 16.0 Å². The van der Waals surface area contributed by atoms with Crippen molar-refractivity contribution in [3.05, 3.63) is 95.0 Å². The summed E-state index contributed by atoms with van der Waals surface area (Å²) in [6, 6.07) is 25.1. The Labute approximate surface area is 195 Å². The predicted octanol–water partition coefficient (Wildman–Crippen LogP) is 5.14. The van der Waals surface area contributed by atoms with Crippen LogP contribution in [-0.2, 0) is 4.79 Å². The number of amides is 1. The van der Waals surface area contributed by atoms with E-state index >= 15 is 0 Å². The fraction of sp³-hybridized carbons (Fsp3) is 0.0833. The molecule has 0 aliphatic carbocycles. The highest BCUT2D eigenvalue weighted by molar-refractivity contribution is 7.99. The van der Waals surface area contributed by atoms with Crippen molar-refractivity contribution in [2.75, 3.05) is 5.75 Å². The maximum Gasteiger partial charge on any atom is 0.250 e. The van der Waals surface area contributed by atoms with Crippen LogP contribution in [0, 0.1) is 6.92 Å². The number of aryl methyl sites for hydroxylation is 1. The number of hydrogen-bond acceptors (Lipinski definition) is 5. The van der Waals surface area contributed by atoms with Crippen LogP contribution in [0.1, 0.15) is 11.1 Å². The van der Waals surface area contributed by atoms with Crippen molar-refractivity contribution < 1.29 is 4.79 Å². The highest BCUT2D eigenvalue weighted by Crippen LogP contribution is 2.28. The van der Waals surface area contributed by atoms with Gasteiger partial charge >= 0.3 is 0 Å². The Morgan fingerprint density at radius 1 is 1.06 bits per heavy atom. The average molecular weight is 462 g/mol. The summed E-state index contributed by atoms with van der Waals surface area (Å²) < 4.78 is 1.92. The van der Waals surface area contributed by atoms with Crippen LogP contribution in [0.3, 0.4) is 0 Å². The smallest absolute Gasteiger partial charge is 0.250 e. The van der Waals surface area contributed by atoms with Crippen molar-refractivity contribution in [2.24, 2.45) is 5.10 Å². The van der Waals surface area contributed by atoms with Crippen LogP contribution < -0.4 is 5.43 Å². The maximum absolute atomic E-state index is 12.3. The molecule has 0 saturated carbocycles. The molecule has 0 aliphatic rings. The van der Waals surface area contributed by atoms with Crippen molar-refractivity contribution in [3.63, 3.8) is 0 Å². The van der Waals surface area contributed by atoms with Gasteiger partial charge < -0.3 is 0 Å². The minimum Gasteiger partial charge on any atom is -0.272 e. The van der Waals surface area contributed by atoms with Crippen LogP contribution in [0.15, 0.2) is 89.1 Å². The summed E-state index contributed by atoms with van der Waals surface area (Å²) in [5.41, 5.74) is 6.40. The zero-order valence-corrected chi connectivity index (χ0v) is 18.8. The van der Waals surface area contributed by atoms with Gasteiger partial charge in [0.25, 0.3) is 5.91 Å². The molecule has 3 aromatic carbocycles. The molecule has 0 atom stereocenters. The van der Waals surface area contributed by atoms with Gasteiger partial charge in [-0.05, 0) is 36.8 Å². The number of carbonyl (C=O) groups excluding carboxylic acids is 1. The summed E-state index contributed by atoms with van der Waals surface area (Å²) in [5, 5.41) is 14.0. The summed E-state index contributed by atoms with van der Waals surface area (Å²) >= 11 is 7.35. The molecule has 160 valence electrons. The number of nitrogens with zero attached hydrogens (tertiary/aromatic N) is 4. The van der Waals surface area contributed by atoms with E-state index in [1.807, 2.05) is 90.4 Å². The molecule has 0 radical (unpaired) electrons. The normalized spacial score (nSPS) is 11.1. The topological polar surface area (TPSA) is 72.2 Å². The first kappa shape index (κ1) is 21.8. The van der Waals surface area contributed by atoms with Gasteiger partial charge in [-0.3, -0.25) is 9.36 Å². The first-order chi connectivity index (χ1) is 15.6. The number of nitrogens with one attached hydrogen (secondary N) is 1. The number of halogens is 1. The molecule has 0 saturated heterocycles. The summed E-state index contributed by atoms with van der Waals surface area (Å²) in [5.74, 6) is 0.602.